The van der Waals surface area contributed by atoms with E-state index in [1.54, 1.807) is 17.0 Å². The van der Waals surface area contributed by atoms with Gasteiger partial charge in [0, 0.05) is 18.4 Å². The Morgan fingerprint density at radius 2 is 2.17 bits per heavy atom. The highest BCUT2D eigenvalue weighted by molar-refractivity contribution is 5.78. The molecule has 6 heteroatoms. The van der Waals surface area contributed by atoms with Crippen LogP contribution in [0.2, 0.25) is 0 Å². The Kier molecular flexibility index (Phi) is 3.92. The second-order valence-corrected chi connectivity index (χ2v) is 6.91. The summed E-state index contributed by atoms with van der Waals surface area (Å²) in [6.07, 6.45) is 1.08. The molecule has 0 aliphatic carbocycles. The number of carbonyl (C=O) groups excluding carboxylic acids is 1. The minimum atomic E-state index is -0.307. The van der Waals surface area contributed by atoms with Crippen molar-refractivity contribution >= 4 is 5.91 Å². The normalized spacial score (nSPS) is 18.7. The SMILES string of the molecule is CC(C)(C)c1noc(C2CCC(=O)N2Cc2cccc(F)c2)n1. The average Bonchev–Trinajstić information content (AvgIpc) is 3.07. The lowest BCUT2D eigenvalue weighted by molar-refractivity contribution is -0.130. The van der Waals surface area contributed by atoms with Gasteiger partial charge in [-0.05, 0) is 24.1 Å². The van der Waals surface area contributed by atoms with E-state index < -0.39 is 0 Å². The van der Waals surface area contributed by atoms with Crippen LogP contribution in [0.5, 0.6) is 0 Å². The fraction of sp³-hybridized carbons (Fsp3) is 0.471. The fourth-order valence-corrected chi connectivity index (χ4v) is 2.70. The molecule has 5 nitrogen and oxygen atoms in total. The second-order valence-electron chi connectivity index (χ2n) is 6.91. The molecule has 0 N–H and O–H groups in total. The van der Waals surface area contributed by atoms with Crippen molar-refractivity contribution in [2.75, 3.05) is 0 Å². The van der Waals surface area contributed by atoms with Crippen LogP contribution >= 0.6 is 0 Å². The van der Waals surface area contributed by atoms with Crippen LogP contribution in [-0.4, -0.2) is 20.9 Å². The predicted molar refractivity (Wildman–Crippen MR) is 81.9 cm³/mol. The molecule has 1 atom stereocenters. The number of amides is 1. The largest absolute Gasteiger partial charge is 0.337 e. The molecule has 1 saturated heterocycles. The van der Waals surface area contributed by atoms with Crippen LogP contribution in [0.4, 0.5) is 4.39 Å². The van der Waals surface area contributed by atoms with Gasteiger partial charge in [-0.15, -0.1) is 0 Å². The summed E-state index contributed by atoms with van der Waals surface area (Å²) in [5, 5.41) is 4.03. The molecule has 1 aromatic heterocycles. The Bertz CT molecular complexity index is 721. The molecule has 0 bridgehead atoms. The molecule has 2 heterocycles. The quantitative estimate of drug-likeness (QED) is 0.871. The van der Waals surface area contributed by atoms with Gasteiger partial charge in [0.2, 0.25) is 11.8 Å². The van der Waals surface area contributed by atoms with Crippen LogP contribution in [-0.2, 0) is 16.8 Å². The molecule has 1 aromatic carbocycles. The van der Waals surface area contributed by atoms with E-state index in [-0.39, 0.29) is 23.2 Å². The van der Waals surface area contributed by atoms with Gasteiger partial charge in [-0.2, -0.15) is 4.98 Å². The summed E-state index contributed by atoms with van der Waals surface area (Å²) in [5.41, 5.74) is 0.540. The number of benzene rings is 1. The number of halogens is 1. The summed E-state index contributed by atoms with van der Waals surface area (Å²) >= 11 is 0. The molecule has 2 aromatic rings. The van der Waals surface area contributed by atoms with Gasteiger partial charge in [-0.25, -0.2) is 4.39 Å². The van der Waals surface area contributed by atoms with Gasteiger partial charge < -0.3 is 9.42 Å². The minimum Gasteiger partial charge on any atom is -0.337 e. The molecular weight excluding hydrogens is 297 g/mol. The summed E-state index contributed by atoms with van der Waals surface area (Å²) in [4.78, 5) is 18.3. The molecule has 0 spiro atoms. The number of likely N-dealkylation sites (tertiary alicyclic amines) is 1. The highest BCUT2D eigenvalue weighted by Crippen LogP contribution is 2.34. The van der Waals surface area contributed by atoms with Gasteiger partial charge in [0.25, 0.3) is 0 Å². The molecular formula is C17H20FN3O2. The number of hydrogen-bond donors (Lipinski definition) is 0. The van der Waals surface area contributed by atoms with Gasteiger partial charge in [-0.3, -0.25) is 4.79 Å². The summed E-state index contributed by atoms with van der Waals surface area (Å²) in [6, 6.07) is 6.04. The summed E-state index contributed by atoms with van der Waals surface area (Å²) in [7, 11) is 0. The first-order chi connectivity index (χ1) is 10.8. The maximum Gasteiger partial charge on any atom is 0.249 e. The maximum absolute atomic E-state index is 13.3. The van der Waals surface area contributed by atoms with Gasteiger partial charge in [0.1, 0.15) is 11.9 Å². The van der Waals surface area contributed by atoms with Crippen molar-refractivity contribution in [2.24, 2.45) is 0 Å². The summed E-state index contributed by atoms with van der Waals surface area (Å²) in [6.45, 7) is 6.36. The zero-order chi connectivity index (χ0) is 16.6. The number of carbonyl (C=O) groups is 1. The zero-order valence-electron chi connectivity index (χ0n) is 13.5. The van der Waals surface area contributed by atoms with Gasteiger partial charge in [0.15, 0.2) is 5.82 Å². The van der Waals surface area contributed by atoms with E-state index in [0.717, 1.165) is 5.56 Å². The molecule has 1 aliphatic rings. The summed E-state index contributed by atoms with van der Waals surface area (Å²) in [5.74, 6) is 0.794. The molecule has 122 valence electrons. The zero-order valence-corrected chi connectivity index (χ0v) is 13.5. The van der Waals surface area contributed by atoms with Crippen molar-refractivity contribution in [3.63, 3.8) is 0 Å². The van der Waals surface area contributed by atoms with Crippen LogP contribution in [0.25, 0.3) is 0 Å². The topological polar surface area (TPSA) is 59.2 Å². The Morgan fingerprint density at radius 3 is 2.83 bits per heavy atom. The predicted octanol–water partition coefficient (Wildman–Crippen LogP) is 3.37. The van der Waals surface area contributed by atoms with E-state index in [1.807, 2.05) is 20.8 Å². The van der Waals surface area contributed by atoms with Crippen molar-refractivity contribution in [1.82, 2.24) is 15.0 Å². The molecule has 1 unspecified atom stereocenters. The lowest BCUT2D eigenvalue weighted by Gasteiger charge is -2.22. The first-order valence-corrected chi connectivity index (χ1v) is 7.72. The molecule has 1 fully saturated rings. The van der Waals surface area contributed by atoms with E-state index in [1.165, 1.54) is 12.1 Å². The van der Waals surface area contributed by atoms with Crippen molar-refractivity contribution in [3.05, 3.63) is 47.4 Å². The van der Waals surface area contributed by atoms with Crippen LogP contribution < -0.4 is 0 Å². The molecule has 1 aliphatic heterocycles. The van der Waals surface area contributed by atoms with Crippen LogP contribution in [0.3, 0.4) is 0 Å². The summed E-state index contributed by atoms with van der Waals surface area (Å²) < 4.78 is 18.7. The van der Waals surface area contributed by atoms with Gasteiger partial charge in [-0.1, -0.05) is 38.1 Å². The average molecular weight is 317 g/mol. The Morgan fingerprint density at radius 1 is 1.39 bits per heavy atom. The standard InChI is InChI=1S/C17H20FN3O2/c1-17(2,3)16-19-15(23-20-16)13-7-8-14(22)21(13)10-11-5-4-6-12(18)9-11/h4-6,9,13H,7-8,10H2,1-3H3. The molecule has 0 radical (unpaired) electrons. The van der Waals surface area contributed by atoms with Crippen molar-refractivity contribution in [2.45, 2.75) is 51.6 Å². The Hall–Kier alpha value is -2.24. The highest BCUT2D eigenvalue weighted by atomic mass is 19.1. The first kappa shape index (κ1) is 15.6. The lowest BCUT2D eigenvalue weighted by atomic mass is 9.96. The van der Waals surface area contributed by atoms with E-state index >= 15 is 0 Å². The van der Waals surface area contributed by atoms with Crippen molar-refractivity contribution < 1.29 is 13.7 Å². The smallest absolute Gasteiger partial charge is 0.249 e. The van der Waals surface area contributed by atoms with Crippen LogP contribution in [0.1, 0.15) is 56.9 Å². The third-order valence-electron chi connectivity index (χ3n) is 3.97. The van der Waals surface area contributed by atoms with E-state index in [0.29, 0.717) is 31.1 Å². The number of rotatable bonds is 3. The van der Waals surface area contributed by atoms with Gasteiger partial charge >= 0.3 is 0 Å². The van der Waals surface area contributed by atoms with Crippen molar-refractivity contribution in [1.29, 1.82) is 0 Å². The monoisotopic (exact) mass is 317 g/mol. The van der Waals surface area contributed by atoms with Crippen LogP contribution in [0.15, 0.2) is 28.8 Å². The molecule has 0 saturated carbocycles. The Balaban J connectivity index is 1.84. The number of hydrogen-bond acceptors (Lipinski definition) is 4. The number of aromatic nitrogens is 2. The lowest BCUT2D eigenvalue weighted by Crippen LogP contribution is -2.27. The highest BCUT2D eigenvalue weighted by Gasteiger charge is 2.36. The molecule has 3 rings (SSSR count). The molecule has 1 amide bonds. The third kappa shape index (κ3) is 3.25. The van der Waals surface area contributed by atoms with Crippen LogP contribution in [0, 0.1) is 5.82 Å². The molecule has 23 heavy (non-hydrogen) atoms. The van der Waals surface area contributed by atoms with E-state index in [9.17, 15) is 9.18 Å². The number of nitrogens with zero attached hydrogens (tertiary/aromatic N) is 3. The van der Waals surface area contributed by atoms with E-state index in [2.05, 4.69) is 10.1 Å². The first-order valence-electron chi connectivity index (χ1n) is 7.72. The van der Waals surface area contributed by atoms with Gasteiger partial charge in [0.05, 0.1) is 0 Å². The Labute approximate surface area is 134 Å². The minimum absolute atomic E-state index is 0.0229. The van der Waals surface area contributed by atoms with E-state index in [4.69, 9.17) is 4.52 Å². The maximum atomic E-state index is 13.3. The van der Waals surface area contributed by atoms with Crippen molar-refractivity contribution in [3.8, 4) is 0 Å². The fourth-order valence-electron chi connectivity index (χ4n) is 2.70. The second kappa shape index (κ2) is 5.76. The third-order valence-corrected chi connectivity index (χ3v) is 3.97.